The average molecular weight is 312 g/mol. The summed E-state index contributed by atoms with van der Waals surface area (Å²) in [4.78, 5) is 0. The van der Waals surface area contributed by atoms with Crippen LogP contribution in [0.4, 0.5) is 0 Å². The number of aliphatic hydroxyl groups is 1. The maximum Gasteiger partial charge on any atom is 0.0991 e. The van der Waals surface area contributed by atoms with Crippen molar-refractivity contribution >= 4 is 23.2 Å². The van der Waals surface area contributed by atoms with E-state index in [9.17, 15) is 10.4 Å². The Bertz CT molecular complexity index is 526. The van der Waals surface area contributed by atoms with Gasteiger partial charge in [0.2, 0.25) is 0 Å². The van der Waals surface area contributed by atoms with Crippen molar-refractivity contribution in [1.82, 2.24) is 0 Å². The molecule has 2 rings (SSSR count). The molecule has 0 amide bonds. The topological polar surface area (TPSA) is 44.0 Å². The molecule has 2 nitrogen and oxygen atoms in total. The molecular weight excluding hydrogens is 293 g/mol. The zero-order chi connectivity index (χ0) is 14.8. The van der Waals surface area contributed by atoms with Crippen molar-refractivity contribution in [2.75, 3.05) is 0 Å². The third kappa shape index (κ3) is 2.81. The van der Waals surface area contributed by atoms with Gasteiger partial charge in [-0.15, -0.1) is 0 Å². The summed E-state index contributed by atoms with van der Waals surface area (Å²) in [5.41, 5.74) is -0.176. The summed E-state index contributed by atoms with van der Waals surface area (Å²) in [5, 5.41) is 21.2. The van der Waals surface area contributed by atoms with E-state index < -0.39 is 11.5 Å². The number of rotatable bonds is 3. The lowest BCUT2D eigenvalue weighted by Crippen LogP contribution is -2.33. The molecule has 1 aromatic rings. The molecule has 1 aliphatic carbocycles. The first-order valence-electron chi connectivity index (χ1n) is 7.07. The molecule has 1 fully saturated rings. The first kappa shape index (κ1) is 15.6. The molecule has 0 bridgehead atoms. The Hall–Kier alpha value is -0.750. The molecule has 3 atom stereocenters. The van der Waals surface area contributed by atoms with Crippen LogP contribution < -0.4 is 0 Å². The maximum absolute atomic E-state index is 10.7. The smallest absolute Gasteiger partial charge is 0.0991 e. The van der Waals surface area contributed by atoms with Gasteiger partial charge in [-0.05, 0) is 24.8 Å². The number of nitrogens with zero attached hydrogens (tertiary/aromatic N) is 1. The number of hydrogen-bond acceptors (Lipinski definition) is 2. The van der Waals surface area contributed by atoms with Crippen molar-refractivity contribution in [3.63, 3.8) is 0 Å². The molecule has 0 radical (unpaired) electrons. The Morgan fingerprint density at radius 2 is 2.25 bits per heavy atom. The summed E-state index contributed by atoms with van der Waals surface area (Å²) in [6, 6.07) is 7.58. The number of aliphatic hydroxyl groups excluding tert-OH is 1. The molecular formula is C16H19Cl2NO. The monoisotopic (exact) mass is 311 g/mol. The minimum absolute atomic E-state index is 0.356. The molecule has 0 heterocycles. The van der Waals surface area contributed by atoms with Crippen LogP contribution in [0.15, 0.2) is 18.2 Å². The van der Waals surface area contributed by atoms with E-state index in [-0.39, 0.29) is 0 Å². The Morgan fingerprint density at radius 1 is 1.50 bits per heavy atom. The maximum atomic E-state index is 10.7. The van der Waals surface area contributed by atoms with Gasteiger partial charge >= 0.3 is 0 Å². The fourth-order valence-electron chi connectivity index (χ4n) is 3.21. The van der Waals surface area contributed by atoms with E-state index in [2.05, 4.69) is 13.0 Å². The Balaban J connectivity index is 2.36. The quantitative estimate of drug-likeness (QED) is 0.840. The summed E-state index contributed by atoms with van der Waals surface area (Å²) in [6.07, 6.45) is 3.71. The van der Waals surface area contributed by atoms with Crippen molar-refractivity contribution in [2.45, 2.75) is 45.1 Å². The van der Waals surface area contributed by atoms with Crippen LogP contribution in [0.3, 0.4) is 0 Å². The van der Waals surface area contributed by atoms with Gasteiger partial charge in [-0.2, -0.15) is 5.26 Å². The second-order valence-corrected chi connectivity index (χ2v) is 6.47. The second kappa shape index (κ2) is 6.35. The third-order valence-corrected chi connectivity index (χ3v) is 5.32. The molecule has 20 heavy (non-hydrogen) atoms. The summed E-state index contributed by atoms with van der Waals surface area (Å²) >= 11 is 12.2. The predicted molar refractivity (Wildman–Crippen MR) is 81.7 cm³/mol. The van der Waals surface area contributed by atoms with Gasteiger partial charge in [0.15, 0.2) is 0 Å². The standard InChI is InChI=1S/C16H19Cl2NO/c1-2-11-5-4-8-16(9-11,10-19)15(20)12-6-3-7-13(17)14(12)18/h3,6-7,11,15,20H,2,4-5,8-9H2,1H3. The van der Waals surface area contributed by atoms with Gasteiger partial charge in [0.1, 0.15) is 0 Å². The van der Waals surface area contributed by atoms with Gasteiger partial charge in [0.05, 0.1) is 27.6 Å². The summed E-state index contributed by atoms with van der Waals surface area (Å²) in [6.45, 7) is 2.14. The summed E-state index contributed by atoms with van der Waals surface area (Å²) in [7, 11) is 0. The Labute approximate surface area is 130 Å². The van der Waals surface area contributed by atoms with Crippen LogP contribution in [0.5, 0.6) is 0 Å². The minimum atomic E-state index is -0.881. The van der Waals surface area contributed by atoms with Crippen LogP contribution in [-0.4, -0.2) is 5.11 Å². The van der Waals surface area contributed by atoms with Gasteiger partial charge in [-0.3, -0.25) is 0 Å². The number of benzene rings is 1. The van der Waals surface area contributed by atoms with Crippen LogP contribution in [0.1, 0.15) is 50.7 Å². The lowest BCUT2D eigenvalue weighted by atomic mass is 9.65. The van der Waals surface area contributed by atoms with Gasteiger partial charge < -0.3 is 5.11 Å². The minimum Gasteiger partial charge on any atom is -0.387 e. The molecule has 3 unspecified atom stereocenters. The highest BCUT2D eigenvalue weighted by atomic mass is 35.5. The van der Waals surface area contributed by atoms with E-state index in [1.54, 1.807) is 18.2 Å². The molecule has 0 aliphatic heterocycles. The van der Waals surface area contributed by atoms with Crippen LogP contribution in [-0.2, 0) is 0 Å². The van der Waals surface area contributed by atoms with E-state index in [1.165, 1.54) is 0 Å². The van der Waals surface area contributed by atoms with E-state index in [4.69, 9.17) is 23.2 Å². The zero-order valence-electron chi connectivity index (χ0n) is 11.6. The van der Waals surface area contributed by atoms with Crippen molar-refractivity contribution in [2.24, 2.45) is 11.3 Å². The van der Waals surface area contributed by atoms with Crippen molar-refractivity contribution in [3.8, 4) is 6.07 Å². The van der Waals surface area contributed by atoms with E-state index >= 15 is 0 Å². The lowest BCUT2D eigenvalue weighted by molar-refractivity contribution is 0.0186. The van der Waals surface area contributed by atoms with Gasteiger partial charge in [0, 0.05) is 5.56 Å². The molecule has 0 spiro atoms. The first-order valence-corrected chi connectivity index (χ1v) is 7.83. The van der Waals surface area contributed by atoms with Gasteiger partial charge in [-0.25, -0.2) is 0 Å². The molecule has 1 saturated carbocycles. The largest absolute Gasteiger partial charge is 0.387 e. The fourth-order valence-corrected chi connectivity index (χ4v) is 3.63. The highest BCUT2D eigenvalue weighted by Gasteiger charge is 2.43. The van der Waals surface area contributed by atoms with Crippen LogP contribution in [0, 0.1) is 22.7 Å². The molecule has 4 heteroatoms. The molecule has 1 aliphatic rings. The highest BCUT2D eigenvalue weighted by Crippen LogP contribution is 2.50. The normalized spacial score (nSPS) is 27.9. The van der Waals surface area contributed by atoms with Gasteiger partial charge in [-0.1, -0.05) is 61.5 Å². The lowest BCUT2D eigenvalue weighted by Gasteiger charge is -2.39. The SMILES string of the molecule is CCC1CCCC(C#N)(C(O)c2cccc(Cl)c2Cl)C1. The number of halogens is 2. The highest BCUT2D eigenvalue weighted by molar-refractivity contribution is 6.42. The molecule has 0 aromatic heterocycles. The number of nitriles is 1. The average Bonchev–Trinajstić information content (AvgIpc) is 2.49. The summed E-state index contributed by atoms with van der Waals surface area (Å²) < 4.78 is 0. The van der Waals surface area contributed by atoms with Gasteiger partial charge in [0.25, 0.3) is 0 Å². The Morgan fingerprint density at radius 3 is 2.90 bits per heavy atom. The summed E-state index contributed by atoms with van der Waals surface area (Å²) in [5.74, 6) is 0.496. The molecule has 1 aromatic carbocycles. The first-order chi connectivity index (χ1) is 9.54. The second-order valence-electron chi connectivity index (χ2n) is 5.68. The molecule has 108 valence electrons. The van der Waals surface area contributed by atoms with E-state index in [0.717, 1.165) is 25.7 Å². The van der Waals surface area contributed by atoms with Crippen molar-refractivity contribution < 1.29 is 5.11 Å². The third-order valence-electron chi connectivity index (χ3n) is 4.49. The van der Waals surface area contributed by atoms with Crippen LogP contribution in [0.2, 0.25) is 10.0 Å². The molecule has 0 saturated heterocycles. The van der Waals surface area contributed by atoms with Crippen molar-refractivity contribution in [1.29, 1.82) is 5.26 Å². The predicted octanol–water partition coefficient (Wildman–Crippen LogP) is 5.14. The van der Waals surface area contributed by atoms with E-state index in [1.807, 2.05) is 0 Å². The molecule has 1 N–H and O–H groups in total. The fraction of sp³-hybridized carbons (Fsp3) is 0.562. The Kier molecular flexibility index (Phi) is 4.96. The zero-order valence-corrected chi connectivity index (χ0v) is 13.1. The van der Waals surface area contributed by atoms with Crippen LogP contribution in [0.25, 0.3) is 0 Å². The van der Waals surface area contributed by atoms with Crippen LogP contribution >= 0.6 is 23.2 Å². The number of hydrogen-bond donors (Lipinski definition) is 1. The van der Waals surface area contributed by atoms with Crippen molar-refractivity contribution in [3.05, 3.63) is 33.8 Å². The van der Waals surface area contributed by atoms with E-state index in [0.29, 0.717) is 27.9 Å².